The van der Waals surface area contributed by atoms with Crippen LogP contribution in [-0.2, 0) is 16.6 Å². The average molecular weight is 367 g/mol. The number of nitrogens with two attached hydrogens (primary N) is 1. The van der Waals surface area contributed by atoms with Gasteiger partial charge in [0.15, 0.2) is 5.11 Å². The number of primary sulfonamides is 1. The summed E-state index contributed by atoms with van der Waals surface area (Å²) in [5, 5.41) is 11.7. The molecule has 0 unspecified atom stereocenters. The summed E-state index contributed by atoms with van der Waals surface area (Å²) in [6.07, 6.45) is 0. The second kappa shape index (κ2) is 7.69. The van der Waals surface area contributed by atoms with Gasteiger partial charge in [-0.05, 0) is 54.5 Å². The van der Waals surface area contributed by atoms with E-state index < -0.39 is 10.0 Å². The van der Waals surface area contributed by atoms with E-state index in [9.17, 15) is 12.8 Å². The van der Waals surface area contributed by atoms with Crippen LogP contribution in [0.25, 0.3) is 0 Å². The van der Waals surface area contributed by atoms with Crippen molar-refractivity contribution in [1.82, 2.24) is 10.6 Å². The first-order valence-corrected chi connectivity index (χ1v) is 9.13. The van der Waals surface area contributed by atoms with E-state index in [1.54, 1.807) is 24.3 Å². The Morgan fingerprint density at radius 3 is 2.29 bits per heavy atom. The molecule has 0 amide bonds. The summed E-state index contributed by atoms with van der Waals surface area (Å²) in [4.78, 5) is 0.0652. The highest BCUT2D eigenvalue weighted by Crippen LogP contribution is 2.15. The van der Waals surface area contributed by atoms with Gasteiger partial charge < -0.3 is 10.6 Å². The predicted octanol–water partition coefficient (Wildman–Crippen LogP) is 2.20. The minimum atomic E-state index is -3.70. The molecule has 0 spiro atoms. The van der Waals surface area contributed by atoms with Gasteiger partial charge in [0.2, 0.25) is 10.0 Å². The first kappa shape index (κ1) is 18.3. The van der Waals surface area contributed by atoms with E-state index in [0.29, 0.717) is 11.7 Å². The van der Waals surface area contributed by atoms with Gasteiger partial charge in [-0.2, -0.15) is 0 Å². The molecule has 0 heterocycles. The number of nitrogens with one attached hydrogen (secondary N) is 2. The molecule has 2 aromatic carbocycles. The maximum Gasteiger partial charge on any atom is 0.238 e. The van der Waals surface area contributed by atoms with Gasteiger partial charge in [0, 0.05) is 6.54 Å². The van der Waals surface area contributed by atoms with Crippen molar-refractivity contribution in [3.63, 3.8) is 0 Å². The zero-order valence-corrected chi connectivity index (χ0v) is 14.6. The van der Waals surface area contributed by atoms with Crippen LogP contribution in [0.5, 0.6) is 0 Å². The summed E-state index contributed by atoms with van der Waals surface area (Å²) in [5.41, 5.74) is 1.78. The van der Waals surface area contributed by atoms with Gasteiger partial charge in [-0.25, -0.2) is 17.9 Å². The minimum absolute atomic E-state index is 0.0652. The van der Waals surface area contributed by atoms with Crippen molar-refractivity contribution in [3.8, 4) is 0 Å². The second-order valence-electron chi connectivity index (χ2n) is 5.29. The van der Waals surface area contributed by atoms with Gasteiger partial charge in [0.25, 0.3) is 0 Å². The van der Waals surface area contributed by atoms with Gasteiger partial charge in [-0.15, -0.1) is 0 Å². The smallest absolute Gasteiger partial charge is 0.238 e. The summed E-state index contributed by atoms with van der Waals surface area (Å²) in [6, 6.07) is 12.3. The zero-order valence-electron chi connectivity index (χ0n) is 13.0. The molecule has 0 bridgehead atoms. The fourth-order valence-electron chi connectivity index (χ4n) is 2.06. The number of hydrogen-bond donors (Lipinski definition) is 3. The molecule has 0 aliphatic carbocycles. The second-order valence-corrected chi connectivity index (χ2v) is 7.26. The quantitative estimate of drug-likeness (QED) is 0.706. The van der Waals surface area contributed by atoms with Crippen LogP contribution in [-0.4, -0.2) is 13.5 Å². The molecule has 5 nitrogen and oxygen atoms in total. The van der Waals surface area contributed by atoms with Gasteiger partial charge in [-0.3, -0.25) is 0 Å². The van der Waals surface area contributed by atoms with Gasteiger partial charge in [0.1, 0.15) is 5.82 Å². The van der Waals surface area contributed by atoms with Gasteiger partial charge >= 0.3 is 0 Å². The topological polar surface area (TPSA) is 84.2 Å². The minimum Gasteiger partial charge on any atom is -0.359 e. The van der Waals surface area contributed by atoms with E-state index in [0.717, 1.165) is 11.1 Å². The Balaban J connectivity index is 1.90. The molecule has 0 radical (unpaired) electrons. The SMILES string of the molecule is C[C@H](NC(=S)NCc1ccc(F)cc1)c1ccc(S(N)(=O)=O)cc1. The first-order valence-electron chi connectivity index (χ1n) is 7.17. The number of rotatable bonds is 5. The van der Waals surface area contributed by atoms with E-state index in [1.165, 1.54) is 24.3 Å². The molecule has 0 saturated heterocycles. The highest BCUT2D eigenvalue weighted by atomic mass is 32.2. The highest BCUT2D eigenvalue weighted by molar-refractivity contribution is 7.89. The van der Waals surface area contributed by atoms with Crippen molar-refractivity contribution >= 4 is 27.4 Å². The van der Waals surface area contributed by atoms with Crippen LogP contribution in [0.3, 0.4) is 0 Å². The molecular formula is C16H18FN3O2S2. The summed E-state index contributed by atoms with van der Waals surface area (Å²) in [7, 11) is -3.70. The lowest BCUT2D eigenvalue weighted by Crippen LogP contribution is -2.36. The van der Waals surface area contributed by atoms with E-state index in [2.05, 4.69) is 10.6 Å². The highest BCUT2D eigenvalue weighted by Gasteiger charge is 2.10. The van der Waals surface area contributed by atoms with Gasteiger partial charge in [0.05, 0.1) is 10.9 Å². The molecule has 4 N–H and O–H groups in total. The van der Waals surface area contributed by atoms with Crippen molar-refractivity contribution in [2.45, 2.75) is 24.4 Å². The number of sulfonamides is 1. The summed E-state index contributed by atoms with van der Waals surface area (Å²) < 4.78 is 35.3. The van der Waals surface area contributed by atoms with Gasteiger partial charge in [-0.1, -0.05) is 24.3 Å². The fraction of sp³-hybridized carbons (Fsp3) is 0.188. The molecule has 1 atom stereocenters. The van der Waals surface area contributed by atoms with Crippen LogP contribution in [0.15, 0.2) is 53.4 Å². The molecule has 2 rings (SSSR count). The van der Waals surface area contributed by atoms with Crippen LogP contribution in [0.2, 0.25) is 0 Å². The number of hydrogen-bond acceptors (Lipinski definition) is 3. The van der Waals surface area contributed by atoms with E-state index in [1.807, 2.05) is 6.92 Å². The molecule has 24 heavy (non-hydrogen) atoms. The Hall–Kier alpha value is -2.03. The van der Waals surface area contributed by atoms with Crippen LogP contribution in [0, 0.1) is 5.82 Å². The third-order valence-electron chi connectivity index (χ3n) is 3.42. The average Bonchev–Trinajstić information content (AvgIpc) is 2.53. The monoisotopic (exact) mass is 367 g/mol. The summed E-state index contributed by atoms with van der Waals surface area (Å²) in [6.45, 7) is 2.38. The van der Waals surface area contributed by atoms with Crippen LogP contribution in [0.1, 0.15) is 24.1 Å². The standard InChI is InChI=1S/C16H18FN3O2S2/c1-11(13-4-8-15(9-5-13)24(18,21)22)20-16(23)19-10-12-2-6-14(17)7-3-12/h2-9,11H,10H2,1H3,(H2,18,21,22)(H2,19,20,23)/t11-/m0/s1. The normalized spacial score (nSPS) is 12.5. The largest absolute Gasteiger partial charge is 0.359 e. The maximum atomic E-state index is 12.8. The third kappa shape index (κ3) is 5.26. The van der Waals surface area contributed by atoms with Crippen molar-refractivity contribution < 1.29 is 12.8 Å². The summed E-state index contributed by atoms with van der Waals surface area (Å²) in [5.74, 6) is -0.281. The molecule has 0 aliphatic rings. The van der Waals surface area contributed by atoms with Crippen molar-refractivity contribution in [1.29, 1.82) is 0 Å². The Bertz CT molecular complexity index is 806. The van der Waals surface area contributed by atoms with Crippen LogP contribution < -0.4 is 15.8 Å². The predicted molar refractivity (Wildman–Crippen MR) is 95.2 cm³/mol. The Kier molecular flexibility index (Phi) is 5.87. The fourth-order valence-corrected chi connectivity index (χ4v) is 2.83. The molecule has 128 valence electrons. The Labute approximate surface area is 146 Å². The Morgan fingerprint density at radius 1 is 1.17 bits per heavy atom. The molecule has 0 fully saturated rings. The van der Waals surface area contributed by atoms with E-state index >= 15 is 0 Å². The van der Waals surface area contributed by atoms with E-state index in [4.69, 9.17) is 17.4 Å². The molecule has 0 aromatic heterocycles. The molecule has 8 heteroatoms. The molecule has 2 aromatic rings. The maximum absolute atomic E-state index is 12.8. The molecular weight excluding hydrogens is 349 g/mol. The third-order valence-corrected chi connectivity index (χ3v) is 4.61. The van der Waals surface area contributed by atoms with Crippen LogP contribution >= 0.6 is 12.2 Å². The van der Waals surface area contributed by atoms with Crippen molar-refractivity contribution in [2.75, 3.05) is 0 Å². The number of benzene rings is 2. The Morgan fingerprint density at radius 2 is 1.75 bits per heavy atom. The van der Waals surface area contributed by atoms with Crippen molar-refractivity contribution in [3.05, 3.63) is 65.5 Å². The van der Waals surface area contributed by atoms with E-state index in [-0.39, 0.29) is 16.8 Å². The molecule has 0 aliphatic heterocycles. The van der Waals surface area contributed by atoms with Crippen molar-refractivity contribution in [2.24, 2.45) is 5.14 Å². The lowest BCUT2D eigenvalue weighted by atomic mass is 10.1. The van der Waals surface area contributed by atoms with Crippen LogP contribution in [0.4, 0.5) is 4.39 Å². The first-order chi connectivity index (χ1) is 11.3. The lowest BCUT2D eigenvalue weighted by molar-refractivity contribution is 0.597. The number of halogens is 1. The summed E-state index contributed by atoms with van der Waals surface area (Å²) >= 11 is 5.23. The number of thiocarbonyl (C=S) groups is 1. The molecule has 0 saturated carbocycles. The lowest BCUT2D eigenvalue weighted by Gasteiger charge is -2.17. The zero-order chi connectivity index (χ0) is 17.7.